The zero-order valence-electron chi connectivity index (χ0n) is 11.3. The van der Waals surface area contributed by atoms with Crippen LogP contribution in [0, 0.1) is 11.8 Å². The molecule has 5 heteroatoms. The van der Waals surface area contributed by atoms with E-state index in [0.717, 1.165) is 32.4 Å². The molecule has 0 saturated carbocycles. The van der Waals surface area contributed by atoms with Crippen LogP contribution in [0.5, 0.6) is 0 Å². The van der Waals surface area contributed by atoms with Crippen molar-refractivity contribution in [3.63, 3.8) is 0 Å². The van der Waals surface area contributed by atoms with Crippen LogP contribution in [0.15, 0.2) is 0 Å². The highest BCUT2D eigenvalue weighted by Gasteiger charge is 2.16. The fourth-order valence-corrected chi connectivity index (χ4v) is 2.15. The Bertz CT molecular complexity index is 275. The molecule has 2 N–H and O–H groups in total. The standard InChI is InChI=1S/C13H24N2O3/c1-10(13(17)18-2)9-15-12(16)4-3-11-5-7-14-8-6-11/h10-11,14H,3-9H2,1-2H3,(H,15,16). The third-order valence-electron chi connectivity index (χ3n) is 3.45. The molecule has 18 heavy (non-hydrogen) atoms. The van der Waals surface area contributed by atoms with Gasteiger partial charge in [-0.15, -0.1) is 0 Å². The molecular formula is C13H24N2O3. The smallest absolute Gasteiger partial charge is 0.310 e. The number of esters is 1. The van der Waals surface area contributed by atoms with Crippen LogP contribution in [0.2, 0.25) is 0 Å². The fourth-order valence-electron chi connectivity index (χ4n) is 2.15. The number of methoxy groups -OCH3 is 1. The van der Waals surface area contributed by atoms with E-state index in [1.54, 1.807) is 6.92 Å². The molecule has 0 spiro atoms. The molecule has 5 nitrogen and oxygen atoms in total. The van der Waals surface area contributed by atoms with Gasteiger partial charge in [0.15, 0.2) is 0 Å². The molecule has 0 aliphatic carbocycles. The summed E-state index contributed by atoms with van der Waals surface area (Å²) in [5.74, 6) is 0.130. The van der Waals surface area contributed by atoms with Gasteiger partial charge >= 0.3 is 5.97 Å². The highest BCUT2D eigenvalue weighted by Crippen LogP contribution is 2.17. The van der Waals surface area contributed by atoms with Gasteiger partial charge in [0.05, 0.1) is 13.0 Å². The number of rotatable bonds is 6. The number of ether oxygens (including phenoxy) is 1. The van der Waals surface area contributed by atoms with Crippen LogP contribution in [-0.4, -0.2) is 38.6 Å². The lowest BCUT2D eigenvalue weighted by atomic mass is 9.93. The van der Waals surface area contributed by atoms with Crippen molar-refractivity contribution in [2.75, 3.05) is 26.7 Å². The zero-order valence-corrected chi connectivity index (χ0v) is 11.3. The van der Waals surface area contributed by atoms with Crippen LogP contribution in [-0.2, 0) is 14.3 Å². The number of amides is 1. The van der Waals surface area contributed by atoms with E-state index < -0.39 is 0 Å². The Labute approximate surface area is 109 Å². The molecule has 1 aliphatic rings. The first-order valence-electron chi connectivity index (χ1n) is 6.68. The van der Waals surface area contributed by atoms with E-state index in [1.807, 2.05) is 0 Å². The number of carbonyl (C=O) groups excluding carboxylic acids is 2. The van der Waals surface area contributed by atoms with Crippen molar-refractivity contribution >= 4 is 11.9 Å². The summed E-state index contributed by atoms with van der Waals surface area (Å²) in [6, 6.07) is 0. The monoisotopic (exact) mass is 256 g/mol. The van der Waals surface area contributed by atoms with E-state index >= 15 is 0 Å². The van der Waals surface area contributed by atoms with Crippen molar-refractivity contribution in [2.24, 2.45) is 11.8 Å². The van der Waals surface area contributed by atoms with Crippen LogP contribution < -0.4 is 10.6 Å². The van der Waals surface area contributed by atoms with Crippen LogP contribution in [0.25, 0.3) is 0 Å². The third kappa shape index (κ3) is 5.49. The van der Waals surface area contributed by atoms with Gasteiger partial charge in [-0.05, 0) is 38.3 Å². The number of hydrogen-bond acceptors (Lipinski definition) is 4. The molecule has 1 unspecified atom stereocenters. The van der Waals surface area contributed by atoms with Crippen molar-refractivity contribution in [1.29, 1.82) is 0 Å². The molecule has 1 heterocycles. The maximum atomic E-state index is 11.6. The van der Waals surface area contributed by atoms with Gasteiger partial charge in [-0.3, -0.25) is 9.59 Å². The lowest BCUT2D eigenvalue weighted by Gasteiger charge is -2.22. The molecule has 1 atom stereocenters. The molecule has 1 amide bonds. The normalized spacial score (nSPS) is 18.1. The van der Waals surface area contributed by atoms with Gasteiger partial charge in [0, 0.05) is 13.0 Å². The fraction of sp³-hybridized carbons (Fsp3) is 0.846. The Morgan fingerprint density at radius 1 is 1.39 bits per heavy atom. The second-order valence-electron chi connectivity index (χ2n) is 4.96. The molecular weight excluding hydrogens is 232 g/mol. The van der Waals surface area contributed by atoms with Crippen molar-refractivity contribution in [3.05, 3.63) is 0 Å². The molecule has 0 bridgehead atoms. The van der Waals surface area contributed by atoms with Gasteiger partial charge in [0.1, 0.15) is 0 Å². The van der Waals surface area contributed by atoms with E-state index in [1.165, 1.54) is 7.11 Å². The van der Waals surface area contributed by atoms with Crippen molar-refractivity contribution in [3.8, 4) is 0 Å². The first-order chi connectivity index (χ1) is 8.63. The topological polar surface area (TPSA) is 67.4 Å². The van der Waals surface area contributed by atoms with Gasteiger partial charge in [-0.25, -0.2) is 0 Å². The molecule has 1 rings (SSSR count). The average Bonchev–Trinajstić information content (AvgIpc) is 2.42. The quantitative estimate of drug-likeness (QED) is 0.686. The minimum Gasteiger partial charge on any atom is -0.469 e. The molecule has 0 aromatic heterocycles. The summed E-state index contributed by atoms with van der Waals surface area (Å²) < 4.78 is 4.60. The molecule has 1 aliphatic heterocycles. The highest BCUT2D eigenvalue weighted by atomic mass is 16.5. The zero-order chi connectivity index (χ0) is 13.4. The maximum Gasteiger partial charge on any atom is 0.310 e. The van der Waals surface area contributed by atoms with Crippen molar-refractivity contribution < 1.29 is 14.3 Å². The SMILES string of the molecule is COC(=O)C(C)CNC(=O)CCC1CCNCC1. The Kier molecular flexibility index (Phi) is 6.72. The van der Waals surface area contributed by atoms with Gasteiger partial charge in [-0.1, -0.05) is 6.92 Å². The van der Waals surface area contributed by atoms with Crippen LogP contribution >= 0.6 is 0 Å². The summed E-state index contributed by atoms with van der Waals surface area (Å²) in [6.07, 6.45) is 3.82. The van der Waals surface area contributed by atoms with E-state index in [4.69, 9.17) is 0 Å². The number of carbonyl (C=O) groups is 2. The summed E-state index contributed by atoms with van der Waals surface area (Å²) in [5.41, 5.74) is 0. The Hall–Kier alpha value is -1.10. The Balaban J connectivity index is 2.11. The first-order valence-corrected chi connectivity index (χ1v) is 6.68. The minimum absolute atomic E-state index is 0.0317. The Morgan fingerprint density at radius 3 is 2.67 bits per heavy atom. The second kappa shape index (κ2) is 8.08. The van der Waals surface area contributed by atoms with Gasteiger partial charge in [-0.2, -0.15) is 0 Å². The summed E-state index contributed by atoms with van der Waals surface area (Å²) in [4.78, 5) is 22.8. The molecule has 104 valence electrons. The van der Waals surface area contributed by atoms with E-state index in [2.05, 4.69) is 15.4 Å². The van der Waals surface area contributed by atoms with E-state index in [0.29, 0.717) is 18.9 Å². The number of nitrogens with one attached hydrogen (secondary N) is 2. The number of hydrogen-bond donors (Lipinski definition) is 2. The molecule has 0 aromatic rings. The van der Waals surface area contributed by atoms with Gasteiger partial charge in [0.2, 0.25) is 5.91 Å². The summed E-state index contributed by atoms with van der Waals surface area (Å²) in [6.45, 7) is 4.23. The Morgan fingerprint density at radius 2 is 2.06 bits per heavy atom. The predicted molar refractivity (Wildman–Crippen MR) is 69.0 cm³/mol. The van der Waals surface area contributed by atoms with E-state index in [9.17, 15) is 9.59 Å². The van der Waals surface area contributed by atoms with Gasteiger partial charge in [0.25, 0.3) is 0 Å². The molecule has 0 radical (unpaired) electrons. The predicted octanol–water partition coefficient (Wildman–Crippen LogP) is 0.691. The van der Waals surface area contributed by atoms with Gasteiger partial charge < -0.3 is 15.4 Å². The summed E-state index contributed by atoms with van der Waals surface area (Å²) in [7, 11) is 1.36. The first kappa shape index (κ1) is 15.0. The lowest BCUT2D eigenvalue weighted by Crippen LogP contribution is -2.33. The average molecular weight is 256 g/mol. The third-order valence-corrected chi connectivity index (χ3v) is 3.45. The molecule has 0 aromatic carbocycles. The number of piperidine rings is 1. The van der Waals surface area contributed by atoms with Crippen LogP contribution in [0.1, 0.15) is 32.6 Å². The summed E-state index contributed by atoms with van der Waals surface area (Å²) >= 11 is 0. The summed E-state index contributed by atoms with van der Waals surface area (Å²) in [5, 5.41) is 6.09. The van der Waals surface area contributed by atoms with Crippen LogP contribution in [0.4, 0.5) is 0 Å². The van der Waals surface area contributed by atoms with Crippen molar-refractivity contribution in [2.45, 2.75) is 32.6 Å². The maximum absolute atomic E-state index is 11.6. The second-order valence-corrected chi connectivity index (χ2v) is 4.96. The van der Waals surface area contributed by atoms with Crippen molar-refractivity contribution in [1.82, 2.24) is 10.6 Å². The minimum atomic E-state index is -0.284. The lowest BCUT2D eigenvalue weighted by molar-refractivity contribution is -0.144. The molecule has 1 saturated heterocycles. The van der Waals surface area contributed by atoms with E-state index in [-0.39, 0.29) is 17.8 Å². The highest BCUT2D eigenvalue weighted by molar-refractivity contribution is 5.77. The van der Waals surface area contributed by atoms with Crippen LogP contribution in [0.3, 0.4) is 0 Å². The largest absolute Gasteiger partial charge is 0.469 e. The molecule has 1 fully saturated rings.